The average Bonchev–Trinajstić information content (AvgIpc) is 2.89. The Hall–Kier alpha value is -2.16. The molecule has 2 aliphatic rings. The fourth-order valence-corrected chi connectivity index (χ4v) is 3.59. The molecule has 100 valence electrons. The Morgan fingerprint density at radius 3 is 2.80 bits per heavy atom. The average molecular weight is 264 g/mol. The van der Waals surface area contributed by atoms with Gasteiger partial charge in [0.2, 0.25) is 0 Å². The van der Waals surface area contributed by atoms with Crippen molar-refractivity contribution >= 4 is 28.5 Å². The maximum absolute atomic E-state index is 11.5. The maximum Gasteiger partial charge on any atom is 0.152 e. The van der Waals surface area contributed by atoms with Crippen LogP contribution in [-0.4, -0.2) is 18.5 Å². The molecule has 0 fully saturated rings. The van der Waals surface area contributed by atoms with E-state index < -0.39 is 0 Å². The zero-order chi connectivity index (χ0) is 13.9. The van der Waals surface area contributed by atoms with Crippen LogP contribution in [0.5, 0.6) is 0 Å². The number of benzene rings is 2. The summed E-state index contributed by atoms with van der Waals surface area (Å²) in [6, 6.07) is 6.44. The van der Waals surface area contributed by atoms with Crippen molar-refractivity contribution in [3.63, 3.8) is 0 Å². The number of rotatable bonds is 2. The number of hydrogen-bond donors (Lipinski definition) is 0. The summed E-state index contributed by atoms with van der Waals surface area (Å²) < 4.78 is 0. The molecule has 0 aromatic heterocycles. The topological polar surface area (TPSA) is 32.7 Å². The lowest BCUT2D eigenvalue weighted by Gasteiger charge is -2.28. The zero-order valence-corrected chi connectivity index (χ0v) is 11.7. The molecule has 4 rings (SSSR count). The van der Waals surface area contributed by atoms with Gasteiger partial charge in [0.05, 0.1) is 11.4 Å². The first-order chi connectivity index (χ1) is 9.74. The number of anilines is 1. The van der Waals surface area contributed by atoms with Gasteiger partial charge in [0.25, 0.3) is 0 Å². The van der Waals surface area contributed by atoms with Gasteiger partial charge in [-0.15, -0.1) is 0 Å². The number of hydrazone groups is 1. The summed E-state index contributed by atoms with van der Waals surface area (Å²) in [7, 11) is 0. The van der Waals surface area contributed by atoms with E-state index in [1.807, 2.05) is 11.9 Å². The summed E-state index contributed by atoms with van der Waals surface area (Å²) >= 11 is 0. The molecule has 0 N–H and O–H groups in total. The molecule has 3 nitrogen and oxygen atoms in total. The Labute approximate surface area is 117 Å². The maximum atomic E-state index is 11.5. The largest absolute Gasteiger partial charge is 0.298 e. The van der Waals surface area contributed by atoms with Crippen molar-refractivity contribution in [2.75, 3.05) is 11.6 Å². The molecule has 0 atom stereocenters. The molecule has 0 bridgehead atoms. The smallest absolute Gasteiger partial charge is 0.152 e. The van der Waals surface area contributed by atoms with Crippen molar-refractivity contribution in [1.29, 1.82) is 0 Å². The van der Waals surface area contributed by atoms with Crippen LogP contribution >= 0.6 is 0 Å². The summed E-state index contributed by atoms with van der Waals surface area (Å²) in [4.78, 5) is 11.5. The van der Waals surface area contributed by atoms with Gasteiger partial charge in [-0.25, -0.2) is 0 Å². The van der Waals surface area contributed by atoms with Gasteiger partial charge < -0.3 is 0 Å². The number of nitrogens with zero attached hydrogens (tertiary/aromatic N) is 2. The van der Waals surface area contributed by atoms with Gasteiger partial charge in [-0.2, -0.15) is 5.10 Å². The minimum Gasteiger partial charge on any atom is -0.298 e. The molecule has 1 heterocycles. The van der Waals surface area contributed by atoms with Gasteiger partial charge in [-0.05, 0) is 49.3 Å². The second-order valence-electron chi connectivity index (χ2n) is 5.51. The Balaban J connectivity index is 2.24. The molecule has 0 saturated carbocycles. The SMILES string of the molecule is CCN1N=C(C)c2ccc3c4c(cc(C=O)c1c24)CC3. The number of carbonyl (C=O) groups excluding carboxylic acids is 1. The van der Waals surface area contributed by atoms with Gasteiger partial charge in [0.15, 0.2) is 6.29 Å². The lowest BCUT2D eigenvalue weighted by Crippen LogP contribution is -2.24. The fourth-order valence-electron chi connectivity index (χ4n) is 3.59. The van der Waals surface area contributed by atoms with Crippen molar-refractivity contribution in [2.24, 2.45) is 5.10 Å². The van der Waals surface area contributed by atoms with Crippen LogP contribution in [0.4, 0.5) is 5.69 Å². The van der Waals surface area contributed by atoms with E-state index in [0.29, 0.717) is 0 Å². The fraction of sp³-hybridized carbons (Fsp3) is 0.294. The molecule has 20 heavy (non-hydrogen) atoms. The highest BCUT2D eigenvalue weighted by Crippen LogP contribution is 2.42. The minimum atomic E-state index is 0.769. The van der Waals surface area contributed by atoms with Crippen LogP contribution in [0.2, 0.25) is 0 Å². The van der Waals surface area contributed by atoms with Crippen LogP contribution in [0, 0.1) is 0 Å². The standard InChI is InChI=1S/C17H16N2O/c1-3-19-17-13(9-20)8-12-5-4-11-6-7-14(10(2)18-19)16(17)15(11)12/h6-9H,3-5H2,1-2H3. The molecule has 0 radical (unpaired) electrons. The molecule has 2 aromatic carbocycles. The summed E-state index contributed by atoms with van der Waals surface area (Å²) in [5, 5.41) is 9.20. The van der Waals surface area contributed by atoms with Crippen molar-refractivity contribution in [3.8, 4) is 0 Å². The van der Waals surface area contributed by atoms with Crippen LogP contribution in [0.25, 0.3) is 10.8 Å². The van der Waals surface area contributed by atoms with Gasteiger partial charge in [-0.3, -0.25) is 9.80 Å². The van der Waals surface area contributed by atoms with Gasteiger partial charge >= 0.3 is 0 Å². The van der Waals surface area contributed by atoms with Gasteiger partial charge in [0, 0.05) is 23.1 Å². The number of aryl methyl sites for hydroxylation is 2. The van der Waals surface area contributed by atoms with E-state index in [2.05, 4.69) is 30.2 Å². The van der Waals surface area contributed by atoms with E-state index in [-0.39, 0.29) is 0 Å². The molecule has 1 aliphatic carbocycles. The minimum absolute atomic E-state index is 0.769. The molecule has 3 heteroatoms. The van der Waals surface area contributed by atoms with E-state index in [1.54, 1.807) is 0 Å². The van der Waals surface area contributed by atoms with Gasteiger partial charge in [-0.1, -0.05) is 12.1 Å². The van der Waals surface area contributed by atoms with Crippen molar-refractivity contribution in [3.05, 3.63) is 40.5 Å². The predicted molar refractivity (Wildman–Crippen MR) is 82.0 cm³/mol. The van der Waals surface area contributed by atoms with E-state index in [0.717, 1.165) is 42.6 Å². The van der Waals surface area contributed by atoms with Gasteiger partial charge in [0.1, 0.15) is 0 Å². The third kappa shape index (κ3) is 1.30. The first-order valence-electron chi connectivity index (χ1n) is 7.14. The van der Waals surface area contributed by atoms with Crippen LogP contribution in [0.3, 0.4) is 0 Å². The number of aldehydes is 1. The summed E-state index contributed by atoms with van der Waals surface area (Å²) in [5.74, 6) is 0. The summed E-state index contributed by atoms with van der Waals surface area (Å²) in [6.07, 6.45) is 3.09. The number of carbonyl (C=O) groups is 1. The first kappa shape index (κ1) is 11.6. The lowest BCUT2D eigenvalue weighted by atomic mass is 9.92. The molecule has 0 saturated heterocycles. The van der Waals surface area contributed by atoms with Crippen LogP contribution in [-0.2, 0) is 12.8 Å². The Kier molecular flexibility index (Phi) is 2.28. The highest BCUT2D eigenvalue weighted by atomic mass is 16.1. The van der Waals surface area contributed by atoms with E-state index in [9.17, 15) is 4.79 Å². The van der Waals surface area contributed by atoms with Crippen LogP contribution in [0.1, 0.15) is 40.9 Å². The third-order valence-electron chi connectivity index (χ3n) is 4.46. The Morgan fingerprint density at radius 1 is 1.25 bits per heavy atom. The molecule has 0 amide bonds. The predicted octanol–water partition coefficient (Wildman–Crippen LogP) is 3.31. The monoisotopic (exact) mass is 264 g/mol. The second-order valence-corrected chi connectivity index (χ2v) is 5.51. The lowest BCUT2D eigenvalue weighted by molar-refractivity contribution is 0.112. The molecule has 1 aliphatic heterocycles. The quantitative estimate of drug-likeness (QED) is 0.779. The Bertz CT molecular complexity index is 789. The molecular weight excluding hydrogens is 248 g/mol. The molecule has 0 unspecified atom stereocenters. The normalized spacial score (nSPS) is 15.7. The molecule has 0 spiro atoms. The number of hydrogen-bond acceptors (Lipinski definition) is 3. The van der Waals surface area contributed by atoms with Crippen LogP contribution < -0.4 is 5.01 Å². The third-order valence-corrected chi connectivity index (χ3v) is 4.46. The molecule has 2 aromatic rings. The van der Waals surface area contributed by atoms with E-state index >= 15 is 0 Å². The highest BCUT2D eigenvalue weighted by Gasteiger charge is 2.27. The second kappa shape index (κ2) is 3.92. The van der Waals surface area contributed by atoms with Crippen molar-refractivity contribution < 1.29 is 4.79 Å². The van der Waals surface area contributed by atoms with Crippen molar-refractivity contribution in [1.82, 2.24) is 0 Å². The van der Waals surface area contributed by atoms with E-state index in [4.69, 9.17) is 0 Å². The summed E-state index contributed by atoms with van der Waals surface area (Å²) in [5.41, 5.74) is 6.69. The van der Waals surface area contributed by atoms with Crippen LogP contribution in [0.15, 0.2) is 23.3 Å². The zero-order valence-electron chi connectivity index (χ0n) is 11.7. The van der Waals surface area contributed by atoms with Crippen molar-refractivity contribution in [2.45, 2.75) is 26.7 Å². The highest BCUT2D eigenvalue weighted by molar-refractivity contribution is 6.20. The first-order valence-corrected chi connectivity index (χ1v) is 7.14. The molecular formula is C17H16N2O. The summed E-state index contributed by atoms with van der Waals surface area (Å²) in [6.45, 7) is 4.89. The Morgan fingerprint density at radius 2 is 2.05 bits per heavy atom. The van der Waals surface area contributed by atoms with E-state index in [1.165, 1.54) is 27.5 Å².